The van der Waals surface area contributed by atoms with Gasteiger partial charge in [0.2, 0.25) is 0 Å². The molecule has 0 aliphatic heterocycles. The van der Waals surface area contributed by atoms with E-state index in [1.165, 1.54) is 0 Å². The highest BCUT2D eigenvalue weighted by molar-refractivity contribution is 7.17. The number of pyridine rings is 1. The lowest BCUT2D eigenvalue weighted by atomic mass is 10.1. The van der Waals surface area contributed by atoms with Crippen LogP contribution in [0.3, 0.4) is 0 Å². The van der Waals surface area contributed by atoms with Crippen molar-refractivity contribution in [1.82, 2.24) is 15.0 Å². The quantitative estimate of drug-likeness (QED) is 0.580. The van der Waals surface area contributed by atoms with Crippen LogP contribution in [-0.4, -0.2) is 22.1 Å². The molecule has 0 atom stereocenters. The van der Waals surface area contributed by atoms with Crippen molar-refractivity contribution >= 4 is 27.4 Å². The Balaban J connectivity index is 1.71. The molecular formula is C19H16N4OS. The van der Waals surface area contributed by atoms with Gasteiger partial charge >= 0.3 is 0 Å². The number of rotatable bonds is 5. The number of hydrogen-bond donors (Lipinski definition) is 1. The van der Waals surface area contributed by atoms with Crippen LogP contribution < -0.4 is 10.1 Å². The summed E-state index contributed by atoms with van der Waals surface area (Å²) >= 11 is 1.62. The van der Waals surface area contributed by atoms with E-state index >= 15 is 0 Å². The molecular weight excluding hydrogens is 332 g/mol. The lowest BCUT2D eigenvalue weighted by Gasteiger charge is -2.08. The van der Waals surface area contributed by atoms with Crippen LogP contribution in [0.25, 0.3) is 21.3 Å². The molecule has 0 amide bonds. The first-order valence-electron chi connectivity index (χ1n) is 7.84. The number of hydrogen-bond acceptors (Lipinski definition) is 6. The van der Waals surface area contributed by atoms with Crippen molar-refractivity contribution in [2.24, 2.45) is 0 Å². The monoisotopic (exact) mass is 348 g/mol. The molecule has 4 aromatic rings. The van der Waals surface area contributed by atoms with E-state index in [4.69, 9.17) is 4.74 Å². The highest BCUT2D eigenvalue weighted by Crippen LogP contribution is 2.37. The fraction of sp³-hybridized carbons (Fsp3) is 0.105. The zero-order chi connectivity index (χ0) is 17.1. The highest BCUT2D eigenvalue weighted by atomic mass is 32.1. The summed E-state index contributed by atoms with van der Waals surface area (Å²) in [5.74, 6) is 1.68. The lowest BCUT2D eigenvalue weighted by molar-refractivity contribution is 0.415. The first-order chi connectivity index (χ1) is 12.3. The van der Waals surface area contributed by atoms with Crippen molar-refractivity contribution in [2.45, 2.75) is 6.54 Å². The molecule has 0 fully saturated rings. The molecule has 0 saturated carbocycles. The molecule has 4 rings (SSSR count). The zero-order valence-corrected chi connectivity index (χ0v) is 14.5. The van der Waals surface area contributed by atoms with Crippen LogP contribution in [0.15, 0.2) is 60.5 Å². The number of benzene rings is 1. The fourth-order valence-corrected chi connectivity index (χ4v) is 3.60. The molecule has 25 heavy (non-hydrogen) atoms. The Labute approximate surface area is 149 Å². The molecule has 0 unspecified atom stereocenters. The Morgan fingerprint density at radius 2 is 2.00 bits per heavy atom. The molecule has 0 bridgehead atoms. The SMILES string of the molecule is COc1ccc(-c2csc3ncnc(NCc4cccnc4)c23)cc1. The van der Waals surface area contributed by atoms with E-state index in [1.807, 2.05) is 30.5 Å². The van der Waals surface area contributed by atoms with Crippen LogP contribution in [0.4, 0.5) is 5.82 Å². The van der Waals surface area contributed by atoms with Crippen molar-refractivity contribution in [3.63, 3.8) is 0 Å². The van der Waals surface area contributed by atoms with Gasteiger partial charge in [0.15, 0.2) is 0 Å². The highest BCUT2D eigenvalue weighted by Gasteiger charge is 2.13. The number of ether oxygens (including phenoxy) is 1. The predicted octanol–water partition coefficient (Wildman–Crippen LogP) is 4.37. The van der Waals surface area contributed by atoms with E-state index < -0.39 is 0 Å². The maximum Gasteiger partial charge on any atom is 0.139 e. The van der Waals surface area contributed by atoms with Crippen LogP contribution in [0.5, 0.6) is 5.75 Å². The number of methoxy groups -OCH3 is 1. The summed E-state index contributed by atoms with van der Waals surface area (Å²) in [6, 6.07) is 12.0. The summed E-state index contributed by atoms with van der Waals surface area (Å²) in [5.41, 5.74) is 3.35. The molecule has 0 aliphatic rings. The Kier molecular flexibility index (Phi) is 4.26. The van der Waals surface area contributed by atoms with Gasteiger partial charge in [-0.2, -0.15) is 0 Å². The minimum absolute atomic E-state index is 0.665. The minimum Gasteiger partial charge on any atom is -0.497 e. The van der Waals surface area contributed by atoms with Gasteiger partial charge in [-0.15, -0.1) is 11.3 Å². The maximum atomic E-state index is 5.24. The second-order valence-electron chi connectivity index (χ2n) is 5.50. The summed E-state index contributed by atoms with van der Waals surface area (Å²) in [6.45, 7) is 0.665. The van der Waals surface area contributed by atoms with E-state index in [0.29, 0.717) is 6.54 Å². The fourth-order valence-electron chi connectivity index (χ4n) is 2.68. The van der Waals surface area contributed by atoms with Crippen molar-refractivity contribution in [3.8, 4) is 16.9 Å². The molecule has 5 nitrogen and oxygen atoms in total. The van der Waals surface area contributed by atoms with Gasteiger partial charge in [-0.25, -0.2) is 9.97 Å². The van der Waals surface area contributed by atoms with E-state index in [1.54, 1.807) is 31.0 Å². The molecule has 0 aliphatic carbocycles. The third kappa shape index (κ3) is 3.16. The number of fused-ring (bicyclic) bond motifs is 1. The molecule has 0 radical (unpaired) electrons. The standard InChI is InChI=1S/C19H16N4OS/c1-24-15-6-4-14(5-7-15)16-11-25-19-17(16)18(22-12-23-19)21-10-13-3-2-8-20-9-13/h2-9,11-12H,10H2,1H3,(H,21,22,23). The molecule has 3 aromatic heterocycles. The number of nitrogens with one attached hydrogen (secondary N) is 1. The first-order valence-corrected chi connectivity index (χ1v) is 8.72. The Morgan fingerprint density at radius 1 is 1.12 bits per heavy atom. The second-order valence-corrected chi connectivity index (χ2v) is 6.35. The molecule has 6 heteroatoms. The Bertz CT molecular complexity index is 983. The number of thiophene rings is 1. The van der Waals surface area contributed by atoms with Gasteiger partial charge in [0.05, 0.1) is 12.5 Å². The third-order valence-electron chi connectivity index (χ3n) is 3.95. The average Bonchev–Trinajstić information content (AvgIpc) is 3.12. The van der Waals surface area contributed by atoms with Gasteiger partial charge in [0, 0.05) is 29.9 Å². The smallest absolute Gasteiger partial charge is 0.139 e. The molecule has 1 aromatic carbocycles. The molecule has 0 saturated heterocycles. The summed E-state index contributed by atoms with van der Waals surface area (Å²) in [4.78, 5) is 14.0. The van der Waals surface area contributed by atoms with Crippen molar-refractivity contribution in [2.75, 3.05) is 12.4 Å². The zero-order valence-electron chi connectivity index (χ0n) is 13.6. The first kappa shape index (κ1) is 15.5. The predicted molar refractivity (Wildman–Crippen MR) is 101 cm³/mol. The van der Waals surface area contributed by atoms with Crippen LogP contribution in [0.1, 0.15) is 5.56 Å². The minimum atomic E-state index is 0.665. The number of nitrogens with zero attached hydrogens (tertiary/aromatic N) is 3. The van der Waals surface area contributed by atoms with E-state index in [0.717, 1.165) is 38.5 Å². The van der Waals surface area contributed by atoms with Gasteiger partial charge in [0.1, 0.15) is 22.7 Å². The van der Waals surface area contributed by atoms with E-state index in [2.05, 4.69) is 37.8 Å². The van der Waals surface area contributed by atoms with Gasteiger partial charge < -0.3 is 10.1 Å². The van der Waals surface area contributed by atoms with Crippen LogP contribution >= 0.6 is 11.3 Å². The maximum absolute atomic E-state index is 5.24. The van der Waals surface area contributed by atoms with Crippen LogP contribution in [0.2, 0.25) is 0 Å². The molecule has 1 N–H and O–H groups in total. The van der Waals surface area contributed by atoms with Gasteiger partial charge in [-0.05, 0) is 29.3 Å². The van der Waals surface area contributed by atoms with Crippen molar-refractivity contribution in [3.05, 3.63) is 66.1 Å². The van der Waals surface area contributed by atoms with E-state index in [-0.39, 0.29) is 0 Å². The Morgan fingerprint density at radius 3 is 2.76 bits per heavy atom. The Hall–Kier alpha value is -2.99. The summed E-state index contributed by atoms with van der Waals surface area (Å²) in [6.07, 6.45) is 5.22. The topological polar surface area (TPSA) is 59.9 Å². The number of anilines is 1. The summed E-state index contributed by atoms with van der Waals surface area (Å²) in [5, 5.41) is 6.58. The third-order valence-corrected chi connectivity index (χ3v) is 4.84. The summed E-state index contributed by atoms with van der Waals surface area (Å²) < 4.78 is 5.24. The molecule has 0 spiro atoms. The van der Waals surface area contributed by atoms with Crippen LogP contribution in [-0.2, 0) is 6.54 Å². The molecule has 124 valence electrons. The average molecular weight is 348 g/mol. The second kappa shape index (κ2) is 6.86. The van der Waals surface area contributed by atoms with E-state index in [9.17, 15) is 0 Å². The largest absolute Gasteiger partial charge is 0.497 e. The lowest BCUT2D eigenvalue weighted by Crippen LogP contribution is -2.02. The summed E-state index contributed by atoms with van der Waals surface area (Å²) in [7, 11) is 1.67. The van der Waals surface area contributed by atoms with Crippen molar-refractivity contribution < 1.29 is 4.74 Å². The van der Waals surface area contributed by atoms with Crippen molar-refractivity contribution in [1.29, 1.82) is 0 Å². The van der Waals surface area contributed by atoms with Crippen LogP contribution in [0, 0.1) is 0 Å². The van der Waals surface area contributed by atoms with Gasteiger partial charge in [-0.3, -0.25) is 4.98 Å². The van der Waals surface area contributed by atoms with Gasteiger partial charge in [0.25, 0.3) is 0 Å². The molecule has 3 heterocycles. The normalized spacial score (nSPS) is 10.8. The number of aromatic nitrogens is 3. The van der Waals surface area contributed by atoms with Gasteiger partial charge in [-0.1, -0.05) is 18.2 Å².